The highest BCUT2D eigenvalue weighted by Crippen LogP contribution is 2.33. The molecule has 1 aliphatic rings. The minimum absolute atomic E-state index is 0.0874. The number of methoxy groups -OCH3 is 2. The van der Waals surface area contributed by atoms with E-state index in [0.29, 0.717) is 18.6 Å². The van der Waals surface area contributed by atoms with E-state index in [0.717, 1.165) is 59.1 Å². The van der Waals surface area contributed by atoms with Gasteiger partial charge >= 0.3 is 0 Å². The Morgan fingerprint density at radius 2 is 1.91 bits per heavy atom. The summed E-state index contributed by atoms with van der Waals surface area (Å²) in [6, 6.07) is 7.64. The average Bonchev–Trinajstić information content (AvgIpc) is 3.51. The Bertz CT molecular complexity index is 1150. The van der Waals surface area contributed by atoms with Crippen LogP contribution in [0.15, 0.2) is 24.3 Å². The van der Waals surface area contributed by atoms with Gasteiger partial charge in [0, 0.05) is 42.0 Å². The van der Waals surface area contributed by atoms with Crippen molar-refractivity contribution >= 4 is 11.6 Å². The van der Waals surface area contributed by atoms with Gasteiger partial charge in [0.15, 0.2) is 5.65 Å². The standard InChI is InChI=1S/C26H35N5O3/c1-18-21(10-11-26(32)27-12-7-15-30-13-5-6-14-30)19(2)31-25(28-18)17-23(29-31)22-9-8-20(33-3)16-24(22)34-4/h8-9,16-17H,5-7,10-15H2,1-4H3,(H,27,32). The molecule has 0 saturated carbocycles. The molecule has 8 heteroatoms. The second-order valence-electron chi connectivity index (χ2n) is 8.88. The van der Waals surface area contributed by atoms with Gasteiger partial charge < -0.3 is 19.7 Å². The van der Waals surface area contributed by atoms with E-state index >= 15 is 0 Å². The van der Waals surface area contributed by atoms with Gasteiger partial charge in [0.2, 0.25) is 5.91 Å². The quantitative estimate of drug-likeness (QED) is 0.461. The fraction of sp³-hybridized carbons (Fsp3) is 0.500. The molecule has 0 spiro atoms. The van der Waals surface area contributed by atoms with Crippen LogP contribution in [0.5, 0.6) is 11.5 Å². The van der Waals surface area contributed by atoms with Crippen LogP contribution in [0.3, 0.4) is 0 Å². The lowest BCUT2D eigenvalue weighted by Crippen LogP contribution is -2.28. The minimum atomic E-state index is 0.0874. The number of ether oxygens (including phenoxy) is 2. The van der Waals surface area contributed by atoms with E-state index in [1.165, 1.54) is 25.9 Å². The number of carbonyl (C=O) groups is 1. The van der Waals surface area contributed by atoms with E-state index in [1.807, 2.05) is 42.6 Å². The molecule has 182 valence electrons. The summed E-state index contributed by atoms with van der Waals surface area (Å²) in [6.07, 6.45) is 4.68. The van der Waals surface area contributed by atoms with Crippen molar-refractivity contribution in [2.45, 2.75) is 46.0 Å². The number of nitrogens with one attached hydrogen (secondary N) is 1. The largest absolute Gasteiger partial charge is 0.497 e. The lowest BCUT2D eigenvalue weighted by atomic mass is 10.1. The summed E-state index contributed by atoms with van der Waals surface area (Å²) >= 11 is 0. The van der Waals surface area contributed by atoms with Crippen molar-refractivity contribution in [3.05, 3.63) is 41.2 Å². The number of benzene rings is 1. The maximum Gasteiger partial charge on any atom is 0.220 e. The Labute approximate surface area is 201 Å². The van der Waals surface area contributed by atoms with Crippen molar-refractivity contribution < 1.29 is 14.3 Å². The van der Waals surface area contributed by atoms with Gasteiger partial charge in [0.05, 0.1) is 19.9 Å². The van der Waals surface area contributed by atoms with Crippen molar-refractivity contribution in [2.24, 2.45) is 0 Å². The first-order valence-corrected chi connectivity index (χ1v) is 12.1. The SMILES string of the molecule is COc1ccc(-c2cc3nc(C)c(CCC(=O)NCCCN4CCCC4)c(C)n3n2)c(OC)c1. The predicted molar refractivity (Wildman–Crippen MR) is 133 cm³/mol. The fourth-order valence-corrected chi connectivity index (χ4v) is 4.69. The number of nitrogens with zero attached hydrogens (tertiary/aromatic N) is 4. The maximum absolute atomic E-state index is 12.4. The number of carbonyl (C=O) groups excluding carboxylic acids is 1. The predicted octanol–water partition coefficient (Wildman–Crippen LogP) is 3.57. The molecule has 8 nitrogen and oxygen atoms in total. The van der Waals surface area contributed by atoms with Crippen LogP contribution in [0, 0.1) is 13.8 Å². The Hall–Kier alpha value is -3.13. The summed E-state index contributed by atoms with van der Waals surface area (Å²) in [7, 11) is 3.27. The van der Waals surface area contributed by atoms with Crippen molar-refractivity contribution in [1.29, 1.82) is 0 Å². The van der Waals surface area contributed by atoms with Crippen LogP contribution in [0.2, 0.25) is 0 Å². The first-order chi connectivity index (χ1) is 16.5. The third kappa shape index (κ3) is 5.33. The number of aryl methyl sites for hydroxylation is 2. The van der Waals surface area contributed by atoms with Crippen molar-refractivity contribution in [1.82, 2.24) is 24.8 Å². The van der Waals surface area contributed by atoms with Gasteiger partial charge in [-0.15, -0.1) is 0 Å². The first-order valence-electron chi connectivity index (χ1n) is 12.1. The van der Waals surface area contributed by atoms with Gasteiger partial charge in [-0.1, -0.05) is 0 Å². The second-order valence-corrected chi connectivity index (χ2v) is 8.88. The van der Waals surface area contributed by atoms with Gasteiger partial charge in [0.25, 0.3) is 0 Å². The summed E-state index contributed by atoms with van der Waals surface area (Å²) in [5.74, 6) is 1.51. The monoisotopic (exact) mass is 465 g/mol. The van der Waals surface area contributed by atoms with E-state index < -0.39 is 0 Å². The molecular weight excluding hydrogens is 430 g/mol. The van der Waals surface area contributed by atoms with Crippen molar-refractivity contribution in [3.8, 4) is 22.8 Å². The van der Waals surface area contributed by atoms with E-state index in [1.54, 1.807) is 14.2 Å². The van der Waals surface area contributed by atoms with E-state index in [-0.39, 0.29) is 5.91 Å². The molecule has 2 aromatic heterocycles. The summed E-state index contributed by atoms with van der Waals surface area (Å²) in [4.78, 5) is 19.7. The average molecular weight is 466 g/mol. The number of fused-ring (bicyclic) bond motifs is 1. The van der Waals surface area contributed by atoms with Gasteiger partial charge in [-0.3, -0.25) is 4.79 Å². The van der Waals surface area contributed by atoms with Crippen LogP contribution < -0.4 is 14.8 Å². The van der Waals surface area contributed by atoms with Gasteiger partial charge in [-0.2, -0.15) is 5.10 Å². The molecule has 0 aliphatic carbocycles. The van der Waals surface area contributed by atoms with E-state index in [9.17, 15) is 4.79 Å². The maximum atomic E-state index is 12.4. The lowest BCUT2D eigenvalue weighted by molar-refractivity contribution is -0.121. The lowest BCUT2D eigenvalue weighted by Gasteiger charge is -2.14. The molecule has 3 heterocycles. The number of likely N-dealkylation sites (tertiary alicyclic amines) is 1. The van der Waals surface area contributed by atoms with Crippen LogP contribution in [0.4, 0.5) is 0 Å². The minimum Gasteiger partial charge on any atom is -0.497 e. The third-order valence-corrected chi connectivity index (χ3v) is 6.62. The van der Waals surface area contributed by atoms with E-state index in [2.05, 4.69) is 10.2 Å². The second kappa shape index (κ2) is 10.9. The molecule has 1 fully saturated rings. The zero-order chi connectivity index (χ0) is 24.1. The molecule has 1 N–H and O–H groups in total. The fourth-order valence-electron chi connectivity index (χ4n) is 4.69. The van der Waals surface area contributed by atoms with Crippen LogP contribution in [-0.4, -0.2) is 65.8 Å². The first kappa shape index (κ1) is 24.0. The zero-order valence-corrected chi connectivity index (χ0v) is 20.7. The molecule has 34 heavy (non-hydrogen) atoms. The highest BCUT2D eigenvalue weighted by molar-refractivity contribution is 5.76. The zero-order valence-electron chi connectivity index (χ0n) is 20.7. The number of hydrogen-bond donors (Lipinski definition) is 1. The van der Waals surface area contributed by atoms with Crippen LogP contribution in [0.25, 0.3) is 16.9 Å². The number of amides is 1. The molecule has 1 saturated heterocycles. The topological polar surface area (TPSA) is 81.0 Å². The van der Waals surface area contributed by atoms with Crippen LogP contribution in [0.1, 0.15) is 42.6 Å². The molecule has 0 bridgehead atoms. The van der Waals surface area contributed by atoms with Crippen molar-refractivity contribution in [2.75, 3.05) is 40.4 Å². The van der Waals surface area contributed by atoms with Gasteiger partial charge in [0.1, 0.15) is 11.5 Å². The highest BCUT2D eigenvalue weighted by Gasteiger charge is 2.17. The highest BCUT2D eigenvalue weighted by atomic mass is 16.5. The summed E-state index contributed by atoms with van der Waals surface area (Å²) in [5, 5.41) is 7.87. The van der Waals surface area contributed by atoms with Crippen LogP contribution in [-0.2, 0) is 11.2 Å². The normalized spacial score (nSPS) is 14.0. The molecular formula is C26H35N5O3. The molecule has 0 atom stereocenters. The van der Waals surface area contributed by atoms with E-state index in [4.69, 9.17) is 19.6 Å². The Morgan fingerprint density at radius 1 is 1.12 bits per heavy atom. The van der Waals surface area contributed by atoms with Gasteiger partial charge in [-0.05, 0) is 76.9 Å². The number of rotatable bonds is 10. The number of aromatic nitrogens is 3. The summed E-state index contributed by atoms with van der Waals surface area (Å²) < 4.78 is 12.7. The number of hydrogen-bond acceptors (Lipinski definition) is 6. The van der Waals surface area contributed by atoms with Gasteiger partial charge in [-0.25, -0.2) is 9.50 Å². The third-order valence-electron chi connectivity index (χ3n) is 6.62. The summed E-state index contributed by atoms with van der Waals surface area (Å²) in [6.45, 7) is 8.23. The smallest absolute Gasteiger partial charge is 0.220 e. The molecule has 4 rings (SSSR count). The Kier molecular flexibility index (Phi) is 7.67. The Balaban J connectivity index is 1.43. The molecule has 1 aliphatic heterocycles. The molecule has 1 amide bonds. The molecule has 0 radical (unpaired) electrons. The molecule has 1 aromatic carbocycles. The van der Waals surface area contributed by atoms with Crippen LogP contribution >= 0.6 is 0 Å². The Morgan fingerprint density at radius 3 is 2.65 bits per heavy atom. The molecule has 3 aromatic rings. The van der Waals surface area contributed by atoms with Crippen molar-refractivity contribution in [3.63, 3.8) is 0 Å². The summed E-state index contributed by atoms with van der Waals surface area (Å²) in [5.41, 5.74) is 5.43. The molecule has 0 unspecified atom stereocenters.